The average Bonchev–Trinajstić information content (AvgIpc) is 4.21. The van der Waals surface area contributed by atoms with Gasteiger partial charge in [-0.05, 0) is 107 Å². The molecular formula is C60H56N6O2S2. The van der Waals surface area contributed by atoms with E-state index >= 15 is 0 Å². The van der Waals surface area contributed by atoms with Gasteiger partial charge in [-0.1, -0.05) is 127 Å². The average molecular weight is 957 g/mol. The summed E-state index contributed by atoms with van der Waals surface area (Å²) in [6.07, 6.45) is 9.15. The molecule has 2 atom stereocenters. The van der Waals surface area contributed by atoms with E-state index in [2.05, 4.69) is 109 Å². The summed E-state index contributed by atoms with van der Waals surface area (Å²) in [4.78, 5) is 22.2. The number of thiazole rings is 2. The van der Waals surface area contributed by atoms with Crippen molar-refractivity contribution >= 4 is 86.7 Å². The number of rotatable bonds is 18. The van der Waals surface area contributed by atoms with Gasteiger partial charge in [-0.3, -0.25) is 0 Å². The first-order chi connectivity index (χ1) is 34.4. The molecule has 10 rings (SSSR count). The third-order valence-electron chi connectivity index (χ3n) is 13.8. The lowest BCUT2D eigenvalue weighted by molar-refractivity contribution is 0.233. The van der Waals surface area contributed by atoms with Crippen LogP contribution in [0, 0.1) is 29.7 Å². The van der Waals surface area contributed by atoms with Crippen LogP contribution in [0.15, 0.2) is 121 Å². The summed E-state index contributed by atoms with van der Waals surface area (Å²) in [6, 6.07) is 43.9. The summed E-state index contributed by atoms with van der Waals surface area (Å²) in [5.74, 6) is 2.59. The van der Waals surface area contributed by atoms with E-state index in [-0.39, 0.29) is 0 Å². The second-order valence-electron chi connectivity index (χ2n) is 18.3. The topological polar surface area (TPSA) is 104 Å². The minimum atomic E-state index is 0.397. The number of benzene rings is 6. The van der Waals surface area contributed by atoms with Gasteiger partial charge in [-0.2, -0.15) is 5.26 Å². The van der Waals surface area contributed by atoms with Crippen LogP contribution < -0.4 is 20.2 Å². The molecule has 2 unspecified atom stereocenters. The number of ether oxygens (including phenoxy) is 2. The summed E-state index contributed by atoms with van der Waals surface area (Å²) in [6.45, 7) is 19.1. The fourth-order valence-electron chi connectivity index (χ4n) is 9.65. The van der Waals surface area contributed by atoms with E-state index in [0.717, 1.165) is 112 Å². The molecule has 0 radical (unpaired) electrons. The zero-order chi connectivity index (χ0) is 48.1. The van der Waals surface area contributed by atoms with E-state index in [4.69, 9.17) is 26.0 Å². The molecule has 2 N–H and O–H groups in total. The number of aromatic nitrogens is 4. The molecule has 0 amide bonds. The lowest BCUT2D eigenvalue weighted by Crippen LogP contribution is -2.11. The van der Waals surface area contributed by atoms with Crippen LogP contribution in [-0.4, -0.2) is 33.1 Å². The van der Waals surface area contributed by atoms with Gasteiger partial charge in [0, 0.05) is 21.5 Å². The van der Waals surface area contributed by atoms with Crippen molar-refractivity contribution in [2.24, 2.45) is 11.8 Å². The van der Waals surface area contributed by atoms with E-state index in [1.54, 1.807) is 0 Å². The van der Waals surface area contributed by atoms with Crippen molar-refractivity contribution in [3.8, 4) is 40.1 Å². The Morgan fingerprint density at radius 3 is 1.57 bits per heavy atom. The highest BCUT2D eigenvalue weighted by Crippen LogP contribution is 2.38. The van der Waals surface area contributed by atoms with Crippen LogP contribution in [0.2, 0.25) is 0 Å². The van der Waals surface area contributed by atoms with Crippen LogP contribution in [0.1, 0.15) is 89.1 Å². The number of aromatic amines is 2. The predicted octanol–water partition coefficient (Wildman–Crippen LogP) is 15.3. The molecule has 0 spiro atoms. The molecular weight excluding hydrogens is 901 g/mol. The predicted molar refractivity (Wildman–Crippen MR) is 292 cm³/mol. The van der Waals surface area contributed by atoms with E-state index in [9.17, 15) is 5.26 Å². The number of nitrogens with zero attached hydrogens (tertiary/aromatic N) is 4. The second kappa shape index (κ2) is 20.8. The highest BCUT2D eigenvalue weighted by atomic mass is 32.1. The molecule has 10 aromatic rings. The van der Waals surface area contributed by atoms with Crippen LogP contribution in [-0.2, 0) is 0 Å². The maximum atomic E-state index is 11.4. The molecule has 0 bridgehead atoms. The Morgan fingerprint density at radius 2 is 1.09 bits per heavy atom. The molecule has 70 heavy (non-hydrogen) atoms. The van der Waals surface area contributed by atoms with Gasteiger partial charge in [-0.15, -0.1) is 22.7 Å². The molecule has 4 heterocycles. The van der Waals surface area contributed by atoms with E-state index in [1.807, 2.05) is 60.7 Å². The maximum absolute atomic E-state index is 11.4. The molecule has 8 nitrogen and oxygen atoms in total. The number of nitriles is 1. The number of hydrogen-bond donors (Lipinski definition) is 2. The fraction of sp³-hybridized carbons (Fsp3) is 0.267. The minimum Gasteiger partial charge on any atom is -0.493 e. The Morgan fingerprint density at radius 1 is 0.614 bits per heavy atom. The lowest BCUT2D eigenvalue weighted by atomic mass is 10.0. The zero-order valence-corrected chi connectivity index (χ0v) is 41.8. The van der Waals surface area contributed by atoms with Gasteiger partial charge in [0.2, 0.25) is 5.70 Å². The van der Waals surface area contributed by atoms with Crippen molar-refractivity contribution in [2.75, 3.05) is 13.2 Å². The van der Waals surface area contributed by atoms with Crippen molar-refractivity contribution < 1.29 is 9.47 Å². The molecule has 4 aromatic heterocycles. The first-order valence-corrected chi connectivity index (χ1v) is 26.4. The van der Waals surface area contributed by atoms with Gasteiger partial charge in [0.1, 0.15) is 33.2 Å². The summed E-state index contributed by atoms with van der Waals surface area (Å²) in [5.41, 5.74) is 5.81. The normalized spacial score (nSPS) is 13.5. The van der Waals surface area contributed by atoms with Crippen molar-refractivity contribution in [3.63, 3.8) is 0 Å². The van der Waals surface area contributed by atoms with Crippen LogP contribution in [0.25, 0.3) is 91.4 Å². The molecule has 0 saturated heterocycles. The van der Waals surface area contributed by atoms with Crippen molar-refractivity contribution in [2.45, 2.75) is 79.1 Å². The second-order valence-corrected chi connectivity index (χ2v) is 20.3. The number of unbranched alkanes of at least 4 members (excludes halogenated alkanes) is 2. The first-order valence-electron chi connectivity index (χ1n) is 24.8. The van der Waals surface area contributed by atoms with Crippen LogP contribution >= 0.6 is 22.7 Å². The third kappa shape index (κ3) is 9.06. The van der Waals surface area contributed by atoms with Crippen LogP contribution in [0.3, 0.4) is 0 Å². The number of hydrogen-bond acceptors (Lipinski definition) is 7. The van der Waals surface area contributed by atoms with Crippen molar-refractivity contribution in [1.82, 2.24) is 19.9 Å². The number of H-pyrrole nitrogens is 2. The SMILES string of the molecule is [C-]#[N+]/C(c1nc2ccc3ccccc3c2s1)=c1/[nH]c(-c2ccc(OCC(CC)CCCC)cc2)c2/c(=C(\C#N)c3nc4ccc5ccccc5c4s3)[nH]c(-c3ccc(OCC(CC)CCCC)cc3)c12. The van der Waals surface area contributed by atoms with Crippen molar-refractivity contribution in [3.05, 3.63) is 153 Å². The maximum Gasteiger partial charge on any atom is 0.245 e. The molecule has 0 fully saturated rings. The summed E-state index contributed by atoms with van der Waals surface area (Å²) in [7, 11) is 0. The van der Waals surface area contributed by atoms with E-state index in [1.165, 1.54) is 48.4 Å². The van der Waals surface area contributed by atoms with Crippen LogP contribution in [0.4, 0.5) is 0 Å². The first kappa shape index (κ1) is 46.5. The van der Waals surface area contributed by atoms with Crippen molar-refractivity contribution in [1.29, 1.82) is 5.26 Å². The lowest BCUT2D eigenvalue weighted by Gasteiger charge is -2.15. The minimum absolute atomic E-state index is 0.397. The molecule has 350 valence electrons. The molecule has 6 aromatic carbocycles. The van der Waals surface area contributed by atoms with Gasteiger partial charge in [0.05, 0.1) is 62.3 Å². The fourth-order valence-corrected chi connectivity index (χ4v) is 11.8. The Balaban J connectivity index is 1.22. The number of nitrogens with one attached hydrogen (secondary N) is 2. The van der Waals surface area contributed by atoms with Gasteiger partial charge in [0.15, 0.2) is 0 Å². The number of fused-ring (bicyclic) bond motifs is 7. The monoisotopic (exact) mass is 956 g/mol. The largest absolute Gasteiger partial charge is 0.493 e. The Labute approximate surface area is 416 Å². The van der Waals surface area contributed by atoms with Gasteiger partial charge >= 0.3 is 0 Å². The smallest absolute Gasteiger partial charge is 0.245 e. The Kier molecular flexibility index (Phi) is 13.8. The van der Waals surface area contributed by atoms with Gasteiger partial charge in [-0.25, -0.2) is 14.8 Å². The van der Waals surface area contributed by atoms with Gasteiger partial charge < -0.3 is 19.4 Å². The van der Waals surface area contributed by atoms with E-state index < -0.39 is 0 Å². The molecule has 0 saturated carbocycles. The molecule has 10 heteroatoms. The molecule has 0 aliphatic rings. The Hall–Kier alpha value is -7.24. The molecule has 0 aliphatic heterocycles. The summed E-state index contributed by atoms with van der Waals surface area (Å²) in [5, 5.41) is 19.9. The Bertz CT molecular complexity index is 3470. The summed E-state index contributed by atoms with van der Waals surface area (Å²) >= 11 is 3.05. The third-order valence-corrected chi connectivity index (χ3v) is 16.0. The standard InChI is InChI=1S/C60H56N6O2S2/c1-6-10-16-37(8-3)35-67-43-28-22-41(23-29-43)52-50-51(55(66-52)56(62-5)60-64-49-33-27-40-19-13-15-21-46(40)58(49)70-60)53(42-24-30-44(31-25-42)68-36-38(9-4)17-11-7-2)65-54(50)47(34-61)59-63-48-32-26-39-18-12-14-20-45(39)57(48)69-59/h12-15,18-33,37-38,65-66H,6-11,16-17,35-36H2,1-4H3/b54-47-,56-55+. The zero-order valence-electron chi connectivity index (χ0n) is 40.2. The quantitative estimate of drug-likeness (QED) is 0.0834. The summed E-state index contributed by atoms with van der Waals surface area (Å²) < 4.78 is 14.9. The molecule has 0 aliphatic carbocycles. The van der Waals surface area contributed by atoms with Gasteiger partial charge in [0.25, 0.3) is 0 Å². The highest BCUT2D eigenvalue weighted by Gasteiger charge is 2.25. The van der Waals surface area contributed by atoms with E-state index in [0.29, 0.717) is 57.0 Å². The highest BCUT2D eigenvalue weighted by molar-refractivity contribution is 7.21. The van der Waals surface area contributed by atoms with Crippen LogP contribution in [0.5, 0.6) is 11.5 Å².